The fourth-order valence-corrected chi connectivity index (χ4v) is 2.58. The summed E-state index contributed by atoms with van der Waals surface area (Å²) in [6.07, 6.45) is 1.25. The molecule has 0 radical (unpaired) electrons. The Hall–Kier alpha value is -2.12. The number of benzene rings is 1. The Morgan fingerprint density at radius 1 is 1.29 bits per heavy atom. The summed E-state index contributed by atoms with van der Waals surface area (Å²) in [4.78, 5) is 4.61. The van der Waals surface area contributed by atoms with E-state index in [9.17, 15) is 5.11 Å². The maximum atomic E-state index is 10.1. The predicted molar refractivity (Wildman–Crippen MR) is 87.3 cm³/mol. The van der Waals surface area contributed by atoms with E-state index in [0.29, 0.717) is 26.0 Å². The Labute approximate surface area is 141 Å². The van der Waals surface area contributed by atoms with E-state index in [-0.39, 0.29) is 6.79 Å². The molecule has 0 spiro atoms. The van der Waals surface area contributed by atoms with Crippen molar-refractivity contribution in [2.24, 2.45) is 0 Å². The van der Waals surface area contributed by atoms with Gasteiger partial charge >= 0.3 is 0 Å². The summed E-state index contributed by atoms with van der Waals surface area (Å²) in [7, 11) is 1.65. The molecular formula is C17H23N3O4. The van der Waals surface area contributed by atoms with Gasteiger partial charge in [-0.05, 0) is 31.5 Å². The molecule has 0 amide bonds. The minimum atomic E-state index is -0.865. The van der Waals surface area contributed by atoms with Crippen molar-refractivity contribution >= 4 is 0 Å². The lowest BCUT2D eigenvalue weighted by molar-refractivity contribution is 0.0566. The average Bonchev–Trinajstić information content (AvgIpc) is 3.10. The Morgan fingerprint density at radius 3 is 2.83 bits per heavy atom. The number of hydrogen-bond donors (Lipinski definition) is 1. The zero-order chi connectivity index (χ0) is 17.2. The molecule has 2 heterocycles. The van der Waals surface area contributed by atoms with Crippen molar-refractivity contribution in [3.8, 4) is 11.5 Å². The van der Waals surface area contributed by atoms with Crippen LogP contribution in [0.25, 0.3) is 0 Å². The molecule has 0 atom stereocenters. The molecule has 0 aliphatic carbocycles. The zero-order valence-electron chi connectivity index (χ0n) is 14.3. The van der Waals surface area contributed by atoms with Gasteiger partial charge in [-0.15, -0.1) is 0 Å². The number of methoxy groups -OCH3 is 1. The average molecular weight is 333 g/mol. The highest BCUT2D eigenvalue weighted by Gasteiger charge is 2.20. The molecule has 1 aliphatic rings. The van der Waals surface area contributed by atoms with Crippen LogP contribution in [0.5, 0.6) is 11.5 Å². The van der Waals surface area contributed by atoms with E-state index in [2.05, 4.69) is 10.1 Å². The van der Waals surface area contributed by atoms with Gasteiger partial charge in [0.15, 0.2) is 17.3 Å². The summed E-state index contributed by atoms with van der Waals surface area (Å²) in [5.74, 6) is 3.04. The topological polar surface area (TPSA) is 78.6 Å². The fourth-order valence-electron chi connectivity index (χ4n) is 2.58. The van der Waals surface area contributed by atoms with Crippen LogP contribution < -0.4 is 9.47 Å². The number of rotatable bonds is 7. The van der Waals surface area contributed by atoms with Gasteiger partial charge in [0.1, 0.15) is 5.82 Å². The molecule has 2 aromatic rings. The molecule has 0 fully saturated rings. The van der Waals surface area contributed by atoms with Gasteiger partial charge in [0.25, 0.3) is 0 Å². The van der Waals surface area contributed by atoms with Gasteiger partial charge in [-0.25, -0.2) is 9.67 Å². The molecule has 1 aliphatic heterocycles. The second-order valence-corrected chi connectivity index (χ2v) is 6.52. The first-order chi connectivity index (χ1) is 11.4. The molecule has 0 saturated heterocycles. The van der Waals surface area contributed by atoms with Crippen LogP contribution in [0.4, 0.5) is 0 Å². The van der Waals surface area contributed by atoms with Gasteiger partial charge in [0.2, 0.25) is 6.79 Å². The molecule has 1 aromatic carbocycles. The molecule has 7 heteroatoms. The van der Waals surface area contributed by atoms with Crippen LogP contribution in [-0.2, 0) is 24.1 Å². The second-order valence-electron chi connectivity index (χ2n) is 6.52. The predicted octanol–water partition coefficient (Wildman–Crippen LogP) is 1.56. The van der Waals surface area contributed by atoms with Gasteiger partial charge in [-0.1, -0.05) is 6.07 Å². The van der Waals surface area contributed by atoms with Crippen molar-refractivity contribution in [1.29, 1.82) is 0 Å². The van der Waals surface area contributed by atoms with E-state index in [4.69, 9.17) is 14.2 Å². The SMILES string of the molecule is COCCc1nc(Cc2ccc3c(c2)OCO3)n(CC(C)(C)O)n1. The summed E-state index contributed by atoms with van der Waals surface area (Å²) in [5.41, 5.74) is 0.192. The third-order valence-corrected chi connectivity index (χ3v) is 3.66. The Balaban J connectivity index is 1.83. The lowest BCUT2D eigenvalue weighted by Gasteiger charge is -2.18. The van der Waals surface area contributed by atoms with Crippen molar-refractivity contribution in [3.63, 3.8) is 0 Å². The molecule has 0 unspecified atom stereocenters. The highest BCUT2D eigenvalue weighted by molar-refractivity contribution is 5.45. The van der Waals surface area contributed by atoms with Gasteiger partial charge in [-0.2, -0.15) is 5.10 Å². The number of fused-ring (bicyclic) bond motifs is 1. The smallest absolute Gasteiger partial charge is 0.231 e. The number of ether oxygens (including phenoxy) is 3. The first-order valence-electron chi connectivity index (χ1n) is 7.97. The van der Waals surface area contributed by atoms with Crippen LogP contribution in [0, 0.1) is 0 Å². The summed E-state index contributed by atoms with van der Waals surface area (Å²) in [5, 5.41) is 14.6. The van der Waals surface area contributed by atoms with Crippen molar-refractivity contribution in [2.75, 3.05) is 20.5 Å². The molecule has 0 saturated carbocycles. The minimum absolute atomic E-state index is 0.259. The van der Waals surface area contributed by atoms with Gasteiger partial charge < -0.3 is 19.3 Å². The number of aromatic nitrogens is 3. The van der Waals surface area contributed by atoms with Crippen molar-refractivity contribution in [2.45, 2.75) is 38.8 Å². The Kier molecular flexibility index (Phi) is 4.73. The van der Waals surface area contributed by atoms with Gasteiger partial charge in [0.05, 0.1) is 18.8 Å². The van der Waals surface area contributed by atoms with Crippen LogP contribution in [0.15, 0.2) is 18.2 Å². The van der Waals surface area contributed by atoms with E-state index < -0.39 is 5.60 Å². The van der Waals surface area contributed by atoms with Crippen LogP contribution in [0.2, 0.25) is 0 Å². The molecule has 1 N–H and O–H groups in total. The van der Waals surface area contributed by atoms with Gasteiger partial charge in [0, 0.05) is 20.0 Å². The molecule has 7 nitrogen and oxygen atoms in total. The van der Waals surface area contributed by atoms with E-state index in [1.165, 1.54) is 0 Å². The monoisotopic (exact) mass is 333 g/mol. The van der Waals surface area contributed by atoms with Crippen LogP contribution in [0.3, 0.4) is 0 Å². The molecule has 0 bridgehead atoms. The lowest BCUT2D eigenvalue weighted by Crippen LogP contribution is -2.28. The summed E-state index contributed by atoms with van der Waals surface area (Å²) in [6.45, 7) is 4.72. The van der Waals surface area contributed by atoms with E-state index in [0.717, 1.165) is 28.7 Å². The maximum absolute atomic E-state index is 10.1. The first-order valence-corrected chi connectivity index (χ1v) is 7.97. The van der Waals surface area contributed by atoms with Crippen molar-refractivity contribution in [3.05, 3.63) is 35.4 Å². The molecule has 3 rings (SSSR count). The maximum Gasteiger partial charge on any atom is 0.231 e. The lowest BCUT2D eigenvalue weighted by atomic mass is 10.1. The number of aliphatic hydroxyl groups is 1. The highest BCUT2D eigenvalue weighted by Crippen LogP contribution is 2.33. The third kappa shape index (κ3) is 4.04. The van der Waals surface area contributed by atoms with E-state index >= 15 is 0 Å². The molecule has 1 aromatic heterocycles. The van der Waals surface area contributed by atoms with E-state index in [1.807, 2.05) is 18.2 Å². The Morgan fingerprint density at radius 2 is 2.08 bits per heavy atom. The van der Waals surface area contributed by atoms with E-state index in [1.54, 1.807) is 25.6 Å². The standard InChI is InChI=1S/C17H23N3O4/c1-17(2,21)10-20-16(18-15(19-20)6-7-22-3)9-12-4-5-13-14(8-12)24-11-23-13/h4-5,8,21H,6-7,9-11H2,1-3H3. The first kappa shape index (κ1) is 16.7. The third-order valence-electron chi connectivity index (χ3n) is 3.66. The molecular weight excluding hydrogens is 310 g/mol. The summed E-state index contributed by atoms with van der Waals surface area (Å²) < 4.78 is 17.6. The van der Waals surface area contributed by atoms with Crippen LogP contribution in [0.1, 0.15) is 31.1 Å². The zero-order valence-corrected chi connectivity index (χ0v) is 14.3. The second kappa shape index (κ2) is 6.78. The quantitative estimate of drug-likeness (QED) is 0.828. The Bertz CT molecular complexity index is 706. The largest absolute Gasteiger partial charge is 0.454 e. The van der Waals surface area contributed by atoms with Crippen molar-refractivity contribution < 1.29 is 19.3 Å². The number of hydrogen-bond acceptors (Lipinski definition) is 6. The fraction of sp³-hybridized carbons (Fsp3) is 0.529. The minimum Gasteiger partial charge on any atom is -0.454 e. The van der Waals surface area contributed by atoms with Crippen molar-refractivity contribution in [1.82, 2.24) is 14.8 Å². The highest BCUT2D eigenvalue weighted by atomic mass is 16.7. The van der Waals surface area contributed by atoms with Crippen LogP contribution in [-0.4, -0.2) is 46.0 Å². The van der Waals surface area contributed by atoms with Gasteiger partial charge in [-0.3, -0.25) is 0 Å². The number of nitrogens with zero attached hydrogens (tertiary/aromatic N) is 3. The normalized spacial score (nSPS) is 13.5. The summed E-state index contributed by atoms with van der Waals surface area (Å²) in [6, 6.07) is 5.85. The van der Waals surface area contributed by atoms with Crippen LogP contribution >= 0.6 is 0 Å². The molecule has 24 heavy (non-hydrogen) atoms. The summed E-state index contributed by atoms with van der Waals surface area (Å²) >= 11 is 0. The molecule has 130 valence electrons.